The first-order valence-corrected chi connectivity index (χ1v) is 19.9. The van der Waals surface area contributed by atoms with Gasteiger partial charge >= 0.3 is 12.2 Å². The van der Waals surface area contributed by atoms with Gasteiger partial charge in [-0.1, -0.05) is 6.92 Å². The molecule has 51 heavy (non-hydrogen) atoms. The molecule has 286 valence electrons. The van der Waals surface area contributed by atoms with Crippen molar-refractivity contribution in [3.05, 3.63) is 0 Å². The Hall–Kier alpha value is -2.64. The van der Waals surface area contributed by atoms with Crippen LogP contribution < -0.4 is 5.32 Å². The van der Waals surface area contributed by atoms with Crippen molar-refractivity contribution in [3.8, 4) is 0 Å². The van der Waals surface area contributed by atoms with E-state index in [4.69, 9.17) is 13.6 Å². The lowest BCUT2D eigenvalue weighted by Crippen LogP contribution is -2.59. The first-order valence-electron chi connectivity index (χ1n) is 21.4. The van der Waals surface area contributed by atoms with Gasteiger partial charge in [-0.25, -0.2) is 14.6 Å². The second-order valence-corrected chi connectivity index (χ2v) is 17.2. The first-order chi connectivity index (χ1) is 25.7. The van der Waals surface area contributed by atoms with Crippen molar-refractivity contribution in [1.82, 2.24) is 34.9 Å². The number of hydrogen-bond acceptors (Lipinski definition) is 9. The van der Waals surface area contributed by atoms with Crippen LogP contribution in [0.25, 0.3) is 0 Å². The van der Waals surface area contributed by atoms with E-state index in [0.717, 1.165) is 115 Å². The van der Waals surface area contributed by atoms with Gasteiger partial charge in [-0.3, -0.25) is 14.6 Å². The minimum absolute atomic E-state index is 0.148. The Morgan fingerprint density at radius 1 is 0.745 bits per heavy atom. The molecule has 4 amide bonds. The lowest BCUT2D eigenvalue weighted by molar-refractivity contribution is -0.138. The van der Waals surface area contributed by atoms with Gasteiger partial charge in [0, 0.05) is 93.8 Å². The molecule has 2 aliphatic carbocycles. The van der Waals surface area contributed by atoms with Crippen molar-refractivity contribution in [2.75, 3.05) is 85.6 Å². The summed E-state index contributed by atoms with van der Waals surface area (Å²) < 4.78 is 33.5. The van der Waals surface area contributed by atoms with Gasteiger partial charge in [0.2, 0.25) is 11.8 Å². The summed E-state index contributed by atoms with van der Waals surface area (Å²) in [7, 11) is 0. The number of ether oxygens (including phenoxy) is 2. The molecule has 0 aromatic carbocycles. The van der Waals surface area contributed by atoms with E-state index in [9.17, 15) is 19.2 Å². The van der Waals surface area contributed by atoms with Gasteiger partial charge in [0.1, 0.15) is 0 Å². The molecule has 6 saturated heterocycles. The van der Waals surface area contributed by atoms with Crippen LogP contribution in [0.5, 0.6) is 0 Å². The van der Waals surface area contributed by atoms with Crippen LogP contribution in [0.1, 0.15) is 102 Å². The summed E-state index contributed by atoms with van der Waals surface area (Å²) in [4.78, 5) is 56.7. The molecule has 1 atom stereocenters. The standard InChI is InChI=1S/C20H34N4O3.C18H29N3O3/c1-4-24-20(14-17(25)21(24)3)7-10-22(11-8-20)16-12-19(13-16)6-9-23(15-19)18(26)27-5-2;1-2-24-16(23)21-12-18(13-21)4-3-14(9-18)20-7-5-17(6-8-20)10-15(22)19-11-17/h16H,4-15H2,1-3H3;14H,2-13H2,1H3,(H,19,22)/i3D3;. The highest BCUT2D eigenvalue weighted by Gasteiger charge is 2.55. The normalized spacial score (nSPS) is 33.8. The summed E-state index contributed by atoms with van der Waals surface area (Å²) in [6.07, 6.45) is 11.6. The highest BCUT2D eigenvalue weighted by atomic mass is 16.6. The molecule has 8 fully saturated rings. The molecule has 13 heteroatoms. The van der Waals surface area contributed by atoms with Crippen LogP contribution in [0.4, 0.5) is 9.59 Å². The molecule has 0 aromatic rings. The number of carbonyl (C=O) groups excluding carboxylic acids is 4. The summed E-state index contributed by atoms with van der Waals surface area (Å²) in [5, 5.41) is 5.86. The van der Waals surface area contributed by atoms with Gasteiger partial charge in [0.15, 0.2) is 0 Å². The van der Waals surface area contributed by atoms with Gasteiger partial charge < -0.3 is 34.4 Å². The molecular weight excluding hydrogens is 650 g/mol. The Bertz CT molecular complexity index is 1420. The van der Waals surface area contributed by atoms with Crippen molar-refractivity contribution in [3.63, 3.8) is 0 Å². The summed E-state index contributed by atoms with van der Waals surface area (Å²) >= 11 is 0. The molecule has 6 aliphatic heterocycles. The maximum absolute atomic E-state index is 12.5. The maximum atomic E-state index is 12.5. The van der Waals surface area contributed by atoms with Gasteiger partial charge in [0.05, 0.1) is 18.8 Å². The number of amides is 4. The number of piperidine rings is 2. The summed E-state index contributed by atoms with van der Waals surface area (Å²) in [5.74, 6) is -0.0466. The molecule has 8 rings (SSSR count). The van der Waals surface area contributed by atoms with Crippen LogP contribution in [-0.2, 0) is 19.1 Å². The van der Waals surface area contributed by atoms with Gasteiger partial charge in [-0.15, -0.1) is 0 Å². The number of likely N-dealkylation sites (tertiary alicyclic amines) is 4. The summed E-state index contributed by atoms with van der Waals surface area (Å²) in [6, 6.07) is 1.19. The van der Waals surface area contributed by atoms with Crippen LogP contribution in [-0.4, -0.2) is 157 Å². The zero-order valence-electron chi connectivity index (χ0n) is 34.3. The van der Waals surface area contributed by atoms with Crippen LogP contribution in [0.2, 0.25) is 0 Å². The van der Waals surface area contributed by atoms with Crippen LogP contribution in [0, 0.1) is 16.2 Å². The molecule has 1 unspecified atom stereocenters. The van der Waals surface area contributed by atoms with E-state index in [0.29, 0.717) is 43.7 Å². The van der Waals surface area contributed by atoms with E-state index in [1.54, 1.807) is 0 Å². The number of hydrazine groups is 1. The quantitative estimate of drug-likeness (QED) is 0.456. The SMILES string of the molecule is CCOC(=O)N1CC2(CCC(N3CCC4(CC3)CNC(=O)C4)C2)C1.[2H]C([2H])([2H])N1C(=O)CC2(CCN(C3CC4(CCN(C(=O)OCC)C4)C3)CC2)N1CC. The van der Waals surface area contributed by atoms with Crippen molar-refractivity contribution < 1.29 is 32.8 Å². The number of carbonyl (C=O) groups is 4. The molecule has 13 nitrogen and oxygen atoms in total. The summed E-state index contributed by atoms with van der Waals surface area (Å²) in [5.41, 5.74) is 0.466. The molecule has 0 aromatic heterocycles. The number of nitrogens with zero attached hydrogens (tertiary/aromatic N) is 6. The van der Waals surface area contributed by atoms with Gasteiger partial charge in [0.25, 0.3) is 0 Å². The fourth-order valence-corrected chi connectivity index (χ4v) is 11.2. The third kappa shape index (κ3) is 7.07. The third-order valence-electron chi connectivity index (χ3n) is 14.2. The van der Waals surface area contributed by atoms with Crippen LogP contribution in [0.15, 0.2) is 0 Å². The number of rotatable bonds is 5. The zero-order chi connectivity index (χ0) is 38.5. The van der Waals surface area contributed by atoms with Crippen LogP contribution >= 0.6 is 0 Å². The van der Waals surface area contributed by atoms with E-state index in [1.807, 2.05) is 35.6 Å². The van der Waals surface area contributed by atoms with Crippen LogP contribution in [0.3, 0.4) is 0 Å². The molecule has 0 bridgehead atoms. The van der Waals surface area contributed by atoms with Crippen molar-refractivity contribution in [2.24, 2.45) is 16.2 Å². The average Bonchev–Trinajstić information content (AvgIpc) is 3.88. The largest absolute Gasteiger partial charge is 0.450 e. The molecule has 4 spiro atoms. The lowest BCUT2D eigenvalue weighted by atomic mass is 9.64. The Balaban J connectivity index is 0.000000171. The van der Waals surface area contributed by atoms with Gasteiger partial charge in [-0.05, 0) is 102 Å². The minimum Gasteiger partial charge on any atom is -0.450 e. The van der Waals surface area contributed by atoms with Crippen molar-refractivity contribution >= 4 is 24.0 Å². The number of nitrogens with one attached hydrogen (secondary N) is 1. The topological polar surface area (TPSA) is 118 Å². The number of hydrogen-bond donors (Lipinski definition) is 1. The molecule has 1 N–H and O–H groups in total. The summed E-state index contributed by atoms with van der Waals surface area (Å²) in [6.45, 7) is 12.8. The van der Waals surface area contributed by atoms with Crippen molar-refractivity contribution in [1.29, 1.82) is 0 Å². The predicted molar refractivity (Wildman–Crippen MR) is 192 cm³/mol. The highest BCUT2D eigenvalue weighted by Crippen LogP contribution is 2.52. The Kier molecular flexibility index (Phi) is 9.25. The average molecular weight is 717 g/mol. The first kappa shape index (κ1) is 33.0. The van der Waals surface area contributed by atoms with E-state index >= 15 is 0 Å². The van der Waals surface area contributed by atoms with E-state index in [1.165, 1.54) is 19.3 Å². The monoisotopic (exact) mass is 717 g/mol. The Morgan fingerprint density at radius 3 is 1.94 bits per heavy atom. The zero-order valence-corrected chi connectivity index (χ0v) is 31.3. The predicted octanol–water partition coefficient (Wildman–Crippen LogP) is 3.53. The smallest absolute Gasteiger partial charge is 0.409 e. The molecular formula is C38H63N7O6. The maximum Gasteiger partial charge on any atom is 0.409 e. The minimum atomic E-state index is -2.42. The van der Waals surface area contributed by atoms with E-state index < -0.39 is 6.98 Å². The highest BCUT2D eigenvalue weighted by molar-refractivity contribution is 5.79. The van der Waals surface area contributed by atoms with Gasteiger partial charge in [-0.2, -0.15) is 0 Å². The second kappa shape index (κ2) is 14.3. The Morgan fingerprint density at radius 2 is 1.33 bits per heavy atom. The molecule has 8 aliphatic rings. The molecule has 6 heterocycles. The van der Waals surface area contributed by atoms with E-state index in [-0.39, 0.29) is 40.4 Å². The fraction of sp³-hybridized carbons (Fsp3) is 0.895. The fourth-order valence-electron chi connectivity index (χ4n) is 11.2. The van der Waals surface area contributed by atoms with Crippen molar-refractivity contribution in [2.45, 2.75) is 115 Å². The molecule has 0 radical (unpaired) electrons. The van der Waals surface area contributed by atoms with E-state index in [2.05, 4.69) is 15.1 Å². The second-order valence-electron chi connectivity index (χ2n) is 17.2. The molecule has 2 saturated carbocycles. The third-order valence-corrected chi connectivity index (χ3v) is 14.2. The lowest BCUT2D eigenvalue weighted by Gasteiger charge is -2.53. The Labute approximate surface area is 308 Å².